The molecule has 0 fully saturated rings. The van der Waals surface area contributed by atoms with Crippen LogP contribution in [0.1, 0.15) is 12.5 Å². The molecule has 0 bridgehead atoms. The Kier molecular flexibility index (Phi) is 5.43. The predicted octanol–water partition coefficient (Wildman–Crippen LogP) is 2.50. The first-order valence-corrected chi connectivity index (χ1v) is 7.39. The average Bonchev–Trinajstić information content (AvgIpc) is 2.19. The van der Waals surface area contributed by atoms with E-state index in [4.69, 9.17) is 20.9 Å². The third kappa shape index (κ3) is 5.40. The number of rotatable bonds is 6. The van der Waals surface area contributed by atoms with Crippen LogP contribution in [0.3, 0.4) is 0 Å². The van der Waals surface area contributed by atoms with Gasteiger partial charge in [0.05, 0.1) is 13.2 Å². The highest BCUT2D eigenvalue weighted by atomic mass is 32.5. The van der Waals surface area contributed by atoms with E-state index in [2.05, 4.69) is 0 Å². The highest BCUT2D eigenvalue weighted by Crippen LogP contribution is 2.43. The van der Waals surface area contributed by atoms with Crippen LogP contribution in [-0.2, 0) is 27.3 Å². The summed E-state index contributed by atoms with van der Waals surface area (Å²) >= 11 is 4.78. The van der Waals surface area contributed by atoms with Gasteiger partial charge in [0, 0.05) is 0 Å². The lowest BCUT2D eigenvalue weighted by Crippen LogP contribution is -1.99. The average molecular weight is 246 g/mol. The highest BCUT2D eigenvalue weighted by Gasteiger charge is 2.12. The summed E-state index contributed by atoms with van der Waals surface area (Å²) in [6.45, 7) is -0.460. The van der Waals surface area contributed by atoms with E-state index in [1.165, 1.54) is 0 Å². The molecule has 0 saturated carbocycles. The second-order valence-electron chi connectivity index (χ2n) is 2.96. The molecule has 84 valence electrons. The Bertz CT molecular complexity index is 329. The summed E-state index contributed by atoms with van der Waals surface area (Å²) in [6.07, 6.45) is 0.729. The standard InChI is InChI=1S/C10H15O3PS/c1-2-12-14(11,15)13-9-8-10-6-4-3-5-7-10/h3-7H,2,8-9H2,1H3,(H,11,15). The van der Waals surface area contributed by atoms with Gasteiger partial charge in [-0.3, -0.25) is 0 Å². The van der Waals surface area contributed by atoms with Crippen LogP contribution in [0.4, 0.5) is 0 Å². The zero-order valence-corrected chi connectivity index (χ0v) is 10.3. The predicted molar refractivity (Wildman–Crippen MR) is 64.2 cm³/mol. The maximum atomic E-state index is 9.47. The lowest BCUT2D eigenvalue weighted by molar-refractivity contribution is 0.206. The van der Waals surface area contributed by atoms with Crippen LogP contribution in [0, 0.1) is 0 Å². The summed E-state index contributed by atoms with van der Waals surface area (Å²) in [5.41, 5.74) is 1.16. The second-order valence-corrected chi connectivity index (χ2v) is 5.79. The molecule has 5 heteroatoms. The molecule has 0 radical (unpaired) electrons. The Balaban J connectivity index is 2.31. The van der Waals surface area contributed by atoms with Gasteiger partial charge >= 0.3 is 6.72 Å². The van der Waals surface area contributed by atoms with Crippen molar-refractivity contribution in [2.45, 2.75) is 13.3 Å². The van der Waals surface area contributed by atoms with Gasteiger partial charge < -0.3 is 13.9 Å². The first-order valence-electron chi connectivity index (χ1n) is 4.80. The fraction of sp³-hybridized carbons (Fsp3) is 0.400. The van der Waals surface area contributed by atoms with Crippen molar-refractivity contribution in [3.8, 4) is 0 Å². The lowest BCUT2D eigenvalue weighted by atomic mass is 10.2. The molecule has 1 atom stereocenters. The third-order valence-corrected chi connectivity index (χ3v) is 3.51. The Morgan fingerprint density at radius 2 is 1.93 bits per heavy atom. The molecule has 0 heterocycles. The molecular formula is C10H15O3PS. The quantitative estimate of drug-likeness (QED) is 0.783. The van der Waals surface area contributed by atoms with E-state index in [9.17, 15) is 4.89 Å². The van der Waals surface area contributed by atoms with Crippen LogP contribution >= 0.6 is 6.72 Å². The smallest absolute Gasteiger partial charge is 0.324 e. The number of hydrogen-bond acceptors (Lipinski definition) is 3. The molecule has 0 amide bonds. The Labute approximate surface area is 95.3 Å². The summed E-state index contributed by atoms with van der Waals surface area (Å²) in [4.78, 5) is 9.47. The van der Waals surface area contributed by atoms with Gasteiger partial charge in [0.25, 0.3) is 0 Å². The summed E-state index contributed by atoms with van der Waals surface area (Å²) in [7, 11) is 0. The minimum Gasteiger partial charge on any atom is -0.324 e. The zero-order chi connectivity index (χ0) is 11.1. The second kappa shape index (κ2) is 6.36. The molecule has 1 N–H and O–H groups in total. The van der Waals surface area contributed by atoms with E-state index in [1.807, 2.05) is 30.3 Å². The number of benzene rings is 1. The van der Waals surface area contributed by atoms with Crippen LogP contribution in [0.25, 0.3) is 0 Å². The molecular weight excluding hydrogens is 231 g/mol. The van der Waals surface area contributed by atoms with Crippen LogP contribution < -0.4 is 0 Å². The van der Waals surface area contributed by atoms with Crippen molar-refractivity contribution in [3.05, 3.63) is 35.9 Å². The molecule has 3 nitrogen and oxygen atoms in total. The molecule has 1 unspecified atom stereocenters. The molecule has 15 heavy (non-hydrogen) atoms. The summed E-state index contributed by atoms with van der Waals surface area (Å²) in [5.74, 6) is 0. The van der Waals surface area contributed by atoms with E-state index < -0.39 is 6.72 Å². The normalized spacial score (nSPS) is 14.8. The summed E-state index contributed by atoms with van der Waals surface area (Å²) in [5, 5.41) is 0. The van der Waals surface area contributed by atoms with E-state index in [0.29, 0.717) is 13.2 Å². The van der Waals surface area contributed by atoms with Crippen molar-refractivity contribution in [1.29, 1.82) is 0 Å². The molecule has 1 aromatic carbocycles. The monoisotopic (exact) mass is 246 g/mol. The third-order valence-electron chi connectivity index (χ3n) is 1.78. The van der Waals surface area contributed by atoms with Crippen LogP contribution in [-0.4, -0.2) is 18.1 Å². The maximum Gasteiger partial charge on any atom is 0.324 e. The minimum atomic E-state index is -3.00. The molecule has 0 saturated heterocycles. The molecule has 0 aromatic heterocycles. The van der Waals surface area contributed by atoms with Gasteiger partial charge in [-0.25, -0.2) is 0 Å². The van der Waals surface area contributed by atoms with Crippen molar-refractivity contribution in [2.75, 3.05) is 13.2 Å². The minimum absolute atomic E-state index is 0.374. The SMILES string of the molecule is CCOP(O)(=S)OCCc1ccccc1. The zero-order valence-electron chi connectivity index (χ0n) is 8.63. The Hall–Kier alpha value is -0.250. The topological polar surface area (TPSA) is 38.7 Å². The van der Waals surface area contributed by atoms with E-state index in [-0.39, 0.29) is 0 Å². The fourth-order valence-electron chi connectivity index (χ4n) is 1.12. The molecule has 1 rings (SSSR count). The van der Waals surface area contributed by atoms with E-state index in [1.54, 1.807) is 6.92 Å². The van der Waals surface area contributed by atoms with Crippen molar-refractivity contribution in [1.82, 2.24) is 0 Å². The van der Waals surface area contributed by atoms with Crippen molar-refractivity contribution in [3.63, 3.8) is 0 Å². The first-order chi connectivity index (χ1) is 7.14. The highest BCUT2D eigenvalue weighted by molar-refractivity contribution is 8.07. The van der Waals surface area contributed by atoms with Gasteiger partial charge in [0.1, 0.15) is 0 Å². The molecule has 1 aromatic rings. The van der Waals surface area contributed by atoms with Crippen molar-refractivity contribution in [2.24, 2.45) is 0 Å². The van der Waals surface area contributed by atoms with Crippen molar-refractivity contribution < 1.29 is 13.9 Å². The molecule has 0 aliphatic heterocycles. The van der Waals surface area contributed by atoms with E-state index in [0.717, 1.165) is 12.0 Å². The number of hydrogen-bond donors (Lipinski definition) is 1. The van der Waals surface area contributed by atoms with Crippen LogP contribution in [0.2, 0.25) is 0 Å². The van der Waals surface area contributed by atoms with Gasteiger partial charge in [-0.05, 0) is 30.7 Å². The summed E-state index contributed by atoms with van der Waals surface area (Å²) in [6, 6.07) is 9.90. The Morgan fingerprint density at radius 1 is 1.27 bits per heavy atom. The molecule has 0 aliphatic carbocycles. The first kappa shape index (κ1) is 12.8. The van der Waals surface area contributed by atoms with Crippen molar-refractivity contribution >= 4 is 18.5 Å². The molecule has 0 aliphatic rings. The largest absolute Gasteiger partial charge is 0.324 e. The maximum absolute atomic E-state index is 9.47. The van der Waals surface area contributed by atoms with Crippen LogP contribution in [0.15, 0.2) is 30.3 Å². The molecule has 0 spiro atoms. The van der Waals surface area contributed by atoms with Gasteiger partial charge in [0.15, 0.2) is 0 Å². The van der Waals surface area contributed by atoms with Gasteiger partial charge in [-0.1, -0.05) is 30.3 Å². The van der Waals surface area contributed by atoms with Gasteiger partial charge in [-0.15, -0.1) is 0 Å². The van der Waals surface area contributed by atoms with E-state index >= 15 is 0 Å². The van der Waals surface area contributed by atoms with Gasteiger partial charge in [0.2, 0.25) is 0 Å². The van der Waals surface area contributed by atoms with Gasteiger partial charge in [-0.2, -0.15) is 0 Å². The Morgan fingerprint density at radius 3 is 2.53 bits per heavy atom. The summed E-state index contributed by atoms with van der Waals surface area (Å²) < 4.78 is 10.1. The lowest BCUT2D eigenvalue weighted by Gasteiger charge is -2.14. The van der Waals surface area contributed by atoms with Crippen LogP contribution in [0.5, 0.6) is 0 Å². The fourth-order valence-corrected chi connectivity index (χ4v) is 2.39.